The van der Waals surface area contributed by atoms with Gasteiger partial charge in [-0.05, 0) is 30.5 Å². The number of hydrogen-bond acceptors (Lipinski definition) is 4. The minimum Gasteiger partial charge on any atom is -0.432 e. The summed E-state index contributed by atoms with van der Waals surface area (Å²) in [5.74, 6) is -1.20. The maximum absolute atomic E-state index is 13.8. The molecule has 2 aliphatic rings. The van der Waals surface area contributed by atoms with Crippen molar-refractivity contribution in [1.29, 1.82) is 0 Å². The molecule has 3 rings (SSSR count). The number of ether oxygens (including phenoxy) is 3. The lowest BCUT2D eigenvalue weighted by Crippen LogP contribution is -2.47. The van der Waals surface area contributed by atoms with Gasteiger partial charge in [0.05, 0.1) is 18.8 Å². The molecule has 4 nitrogen and oxygen atoms in total. The second-order valence-corrected chi connectivity index (χ2v) is 5.84. The zero-order chi connectivity index (χ0) is 16.2. The van der Waals surface area contributed by atoms with Crippen LogP contribution < -0.4 is 4.74 Å². The minimum atomic E-state index is -3.03. The predicted molar refractivity (Wildman–Crippen MR) is 77.0 cm³/mol. The second kappa shape index (κ2) is 7.51. The van der Waals surface area contributed by atoms with Crippen molar-refractivity contribution < 1.29 is 27.4 Å². The lowest BCUT2D eigenvalue weighted by molar-refractivity contribution is -0.0960. The van der Waals surface area contributed by atoms with Gasteiger partial charge < -0.3 is 14.2 Å². The Labute approximate surface area is 133 Å². The third kappa shape index (κ3) is 4.37. The SMILES string of the molecule is Fc1cc(CN2CCOC(C3CCCO3)C2)ccc1OC(F)F. The fraction of sp³-hybridized carbons (Fsp3) is 0.625. The summed E-state index contributed by atoms with van der Waals surface area (Å²) in [6.45, 7) is 0.378. The summed E-state index contributed by atoms with van der Waals surface area (Å²) in [4.78, 5) is 2.16. The molecule has 2 saturated heterocycles. The van der Waals surface area contributed by atoms with Crippen LogP contribution in [0.1, 0.15) is 18.4 Å². The number of benzene rings is 1. The monoisotopic (exact) mass is 331 g/mol. The Bertz CT molecular complexity index is 523. The van der Waals surface area contributed by atoms with Crippen molar-refractivity contribution in [2.24, 2.45) is 0 Å². The van der Waals surface area contributed by atoms with E-state index in [4.69, 9.17) is 9.47 Å². The van der Waals surface area contributed by atoms with Gasteiger partial charge in [0.25, 0.3) is 0 Å². The lowest BCUT2D eigenvalue weighted by Gasteiger charge is -2.35. The number of rotatable bonds is 5. The Morgan fingerprint density at radius 1 is 1.22 bits per heavy atom. The molecule has 0 aliphatic carbocycles. The number of halogens is 3. The van der Waals surface area contributed by atoms with Crippen LogP contribution in [0.5, 0.6) is 5.75 Å². The Kier molecular flexibility index (Phi) is 5.40. The summed E-state index contributed by atoms with van der Waals surface area (Å²) in [6.07, 6.45) is 2.24. The highest BCUT2D eigenvalue weighted by Crippen LogP contribution is 2.24. The third-order valence-corrected chi connectivity index (χ3v) is 4.18. The van der Waals surface area contributed by atoms with Gasteiger partial charge in [-0.2, -0.15) is 8.78 Å². The summed E-state index contributed by atoms with van der Waals surface area (Å²) in [6, 6.07) is 4.10. The van der Waals surface area contributed by atoms with Crippen LogP contribution in [0.4, 0.5) is 13.2 Å². The first-order chi connectivity index (χ1) is 11.1. The third-order valence-electron chi connectivity index (χ3n) is 4.18. The second-order valence-electron chi connectivity index (χ2n) is 5.84. The fourth-order valence-electron chi connectivity index (χ4n) is 3.09. The zero-order valence-electron chi connectivity index (χ0n) is 12.7. The molecule has 128 valence electrons. The topological polar surface area (TPSA) is 30.9 Å². The van der Waals surface area contributed by atoms with Crippen molar-refractivity contribution in [3.05, 3.63) is 29.6 Å². The maximum atomic E-state index is 13.8. The molecule has 2 heterocycles. The molecule has 7 heteroatoms. The molecule has 0 amide bonds. The molecule has 2 unspecified atom stereocenters. The average molecular weight is 331 g/mol. The minimum absolute atomic E-state index is 0.0394. The van der Waals surface area contributed by atoms with Crippen LogP contribution in [0.25, 0.3) is 0 Å². The molecule has 2 atom stereocenters. The van der Waals surface area contributed by atoms with Gasteiger partial charge in [-0.15, -0.1) is 0 Å². The average Bonchev–Trinajstić information content (AvgIpc) is 3.04. The van der Waals surface area contributed by atoms with E-state index in [0.717, 1.165) is 38.1 Å². The summed E-state index contributed by atoms with van der Waals surface area (Å²) in [5.41, 5.74) is 0.720. The zero-order valence-corrected chi connectivity index (χ0v) is 12.7. The van der Waals surface area contributed by atoms with E-state index in [1.165, 1.54) is 12.1 Å². The molecular formula is C16H20F3NO3. The van der Waals surface area contributed by atoms with E-state index in [-0.39, 0.29) is 12.2 Å². The molecule has 1 aromatic carbocycles. The van der Waals surface area contributed by atoms with E-state index in [1.807, 2.05) is 0 Å². The lowest BCUT2D eigenvalue weighted by atomic mass is 10.1. The fourth-order valence-corrected chi connectivity index (χ4v) is 3.09. The summed E-state index contributed by atoms with van der Waals surface area (Å²) in [5, 5.41) is 0. The molecular weight excluding hydrogens is 311 g/mol. The van der Waals surface area contributed by atoms with Gasteiger partial charge in [-0.1, -0.05) is 6.07 Å². The van der Waals surface area contributed by atoms with Crippen molar-refractivity contribution in [2.75, 3.05) is 26.3 Å². The van der Waals surface area contributed by atoms with Gasteiger partial charge in [0.15, 0.2) is 11.6 Å². The summed E-state index contributed by atoms with van der Waals surface area (Å²) >= 11 is 0. The maximum Gasteiger partial charge on any atom is 0.387 e. The van der Waals surface area contributed by atoms with Crippen LogP contribution in [0.2, 0.25) is 0 Å². The van der Waals surface area contributed by atoms with E-state index in [2.05, 4.69) is 9.64 Å². The van der Waals surface area contributed by atoms with Crippen molar-refractivity contribution >= 4 is 0 Å². The van der Waals surface area contributed by atoms with E-state index in [9.17, 15) is 13.2 Å². The summed E-state index contributed by atoms with van der Waals surface area (Å²) in [7, 11) is 0. The van der Waals surface area contributed by atoms with Crippen molar-refractivity contribution in [1.82, 2.24) is 4.90 Å². The molecule has 2 fully saturated rings. The van der Waals surface area contributed by atoms with Crippen LogP contribution in [0, 0.1) is 5.82 Å². The number of alkyl halides is 2. The molecule has 0 radical (unpaired) electrons. The highest BCUT2D eigenvalue weighted by atomic mass is 19.3. The van der Waals surface area contributed by atoms with Crippen molar-refractivity contribution in [3.8, 4) is 5.75 Å². The van der Waals surface area contributed by atoms with Gasteiger partial charge >= 0.3 is 6.61 Å². The van der Waals surface area contributed by atoms with E-state index >= 15 is 0 Å². The van der Waals surface area contributed by atoms with E-state index < -0.39 is 18.2 Å². The molecule has 0 N–H and O–H groups in total. The van der Waals surface area contributed by atoms with Gasteiger partial charge in [-0.25, -0.2) is 4.39 Å². The number of hydrogen-bond donors (Lipinski definition) is 0. The van der Waals surface area contributed by atoms with Crippen LogP contribution in [0.15, 0.2) is 18.2 Å². The molecule has 0 aromatic heterocycles. The van der Waals surface area contributed by atoms with Crippen molar-refractivity contribution in [3.63, 3.8) is 0 Å². The first-order valence-corrected chi connectivity index (χ1v) is 7.80. The van der Waals surface area contributed by atoms with Gasteiger partial charge in [0.1, 0.15) is 0 Å². The molecule has 0 spiro atoms. The van der Waals surface area contributed by atoms with E-state index in [1.54, 1.807) is 6.07 Å². The quantitative estimate of drug-likeness (QED) is 0.830. The molecule has 2 aliphatic heterocycles. The first-order valence-electron chi connectivity index (χ1n) is 7.80. The Morgan fingerprint density at radius 3 is 2.74 bits per heavy atom. The summed E-state index contributed by atoms with van der Waals surface area (Å²) < 4.78 is 53.6. The molecule has 23 heavy (non-hydrogen) atoms. The highest BCUT2D eigenvalue weighted by Gasteiger charge is 2.31. The van der Waals surface area contributed by atoms with Crippen LogP contribution >= 0.6 is 0 Å². The van der Waals surface area contributed by atoms with Gasteiger partial charge in [0, 0.05) is 26.2 Å². The predicted octanol–water partition coefficient (Wildman–Crippen LogP) is 2.81. The molecule has 0 saturated carbocycles. The number of morpholine rings is 1. The normalized spacial score (nSPS) is 25.9. The highest BCUT2D eigenvalue weighted by molar-refractivity contribution is 5.29. The molecule has 1 aromatic rings. The van der Waals surface area contributed by atoms with Crippen molar-refractivity contribution in [2.45, 2.75) is 38.2 Å². The van der Waals surface area contributed by atoms with Crippen LogP contribution in [-0.2, 0) is 16.0 Å². The van der Waals surface area contributed by atoms with Crippen LogP contribution in [-0.4, -0.2) is 50.0 Å². The van der Waals surface area contributed by atoms with Gasteiger partial charge in [-0.3, -0.25) is 4.90 Å². The Morgan fingerprint density at radius 2 is 2.04 bits per heavy atom. The largest absolute Gasteiger partial charge is 0.432 e. The van der Waals surface area contributed by atoms with E-state index in [0.29, 0.717) is 13.2 Å². The smallest absolute Gasteiger partial charge is 0.387 e. The van der Waals surface area contributed by atoms with Crippen LogP contribution in [0.3, 0.4) is 0 Å². The van der Waals surface area contributed by atoms with Gasteiger partial charge in [0.2, 0.25) is 0 Å². The number of nitrogens with zero attached hydrogens (tertiary/aromatic N) is 1. The first kappa shape index (κ1) is 16.5. The standard InChI is InChI=1S/C16H20F3NO3/c17-12-8-11(3-4-13(12)23-16(18)19)9-20-5-7-22-15(10-20)14-2-1-6-21-14/h3-4,8,14-16H,1-2,5-7,9-10H2. The Hall–Kier alpha value is -1.31. The Balaban J connectivity index is 1.59. The molecule has 0 bridgehead atoms.